The van der Waals surface area contributed by atoms with Crippen LogP contribution >= 0.6 is 0 Å². The van der Waals surface area contributed by atoms with Crippen molar-refractivity contribution in [2.45, 2.75) is 6.61 Å². The minimum absolute atomic E-state index is 0.0856. The average Bonchev–Trinajstić information content (AvgIpc) is 2.44. The highest BCUT2D eigenvalue weighted by atomic mass is 16.6. The van der Waals surface area contributed by atoms with E-state index in [9.17, 15) is 20.2 Å². The third kappa shape index (κ3) is 3.44. The van der Waals surface area contributed by atoms with Gasteiger partial charge in [0, 0.05) is 17.8 Å². The van der Waals surface area contributed by atoms with Crippen LogP contribution in [0.3, 0.4) is 0 Å². The van der Waals surface area contributed by atoms with E-state index in [0.29, 0.717) is 11.4 Å². The molecule has 0 aliphatic carbocycles. The number of hydrogen-bond acceptors (Lipinski definition) is 6. The van der Waals surface area contributed by atoms with Gasteiger partial charge in [-0.3, -0.25) is 20.2 Å². The van der Waals surface area contributed by atoms with Crippen molar-refractivity contribution in [3.8, 4) is 5.75 Å². The van der Waals surface area contributed by atoms with E-state index < -0.39 is 9.85 Å². The van der Waals surface area contributed by atoms with Crippen LogP contribution in [-0.4, -0.2) is 9.85 Å². The molecule has 0 heterocycles. The van der Waals surface area contributed by atoms with E-state index in [2.05, 4.69) is 0 Å². The number of nitrogen functional groups attached to an aromatic ring is 1. The van der Waals surface area contributed by atoms with Gasteiger partial charge in [-0.15, -0.1) is 0 Å². The molecule has 0 saturated carbocycles. The van der Waals surface area contributed by atoms with E-state index in [1.54, 1.807) is 24.3 Å². The Bertz CT molecular complexity index is 702. The second kappa shape index (κ2) is 5.87. The molecule has 0 spiro atoms. The molecule has 0 saturated heterocycles. The number of rotatable bonds is 5. The second-order valence-electron chi connectivity index (χ2n) is 4.19. The summed E-state index contributed by atoms with van der Waals surface area (Å²) in [6, 6.07) is 10.0. The Balaban J connectivity index is 2.23. The summed E-state index contributed by atoms with van der Waals surface area (Å²) in [5, 5.41) is 21.6. The fourth-order valence-corrected chi connectivity index (χ4v) is 1.72. The molecule has 0 aliphatic heterocycles. The largest absolute Gasteiger partial charge is 0.489 e. The minimum atomic E-state index is -0.685. The molecule has 21 heavy (non-hydrogen) atoms. The highest BCUT2D eigenvalue weighted by molar-refractivity contribution is 5.49. The molecule has 108 valence electrons. The van der Waals surface area contributed by atoms with E-state index in [4.69, 9.17) is 10.5 Å². The molecule has 2 aromatic carbocycles. The molecule has 2 aromatic rings. The first-order valence-corrected chi connectivity index (χ1v) is 5.87. The van der Waals surface area contributed by atoms with E-state index in [0.717, 1.165) is 6.07 Å². The Morgan fingerprint density at radius 1 is 1.05 bits per heavy atom. The summed E-state index contributed by atoms with van der Waals surface area (Å²) in [7, 11) is 0. The number of nitro groups is 2. The highest BCUT2D eigenvalue weighted by Crippen LogP contribution is 2.26. The lowest BCUT2D eigenvalue weighted by atomic mass is 10.1. The number of ether oxygens (including phenoxy) is 1. The number of benzene rings is 2. The summed E-state index contributed by atoms with van der Waals surface area (Å²) < 4.78 is 5.41. The van der Waals surface area contributed by atoms with Crippen LogP contribution in [0.5, 0.6) is 5.75 Å². The molecule has 0 bridgehead atoms. The Morgan fingerprint density at radius 3 is 2.43 bits per heavy atom. The van der Waals surface area contributed by atoms with Gasteiger partial charge in [0.15, 0.2) is 0 Å². The maximum Gasteiger partial charge on any atom is 0.282 e. The lowest BCUT2D eigenvalue weighted by Gasteiger charge is -2.07. The molecule has 0 fully saturated rings. The Kier molecular flexibility index (Phi) is 3.98. The summed E-state index contributed by atoms with van der Waals surface area (Å²) in [4.78, 5) is 20.3. The quantitative estimate of drug-likeness (QED) is 0.513. The first kappa shape index (κ1) is 14.3. The SMILES string of the molecule is Nc1cccc(OCc2ccc([N+](=O)[O-])cc2[N+](=O)[O-])c1. The van der Waals surface area contributed by atoms with Gasteiger partial charge >= 0.3 is 0 Å². The third-order valence-electron chi connectivity index (χ3n) is 2.73. The van der Waals surface area contributed by atoms with Crippen molar-refractivity contribution in [3.63, 3.8) is 0 Å². The van der Waals surface area contributed by atoms with Gasteiger partial charge in [-0.1, -0.05) is 6.07 Å². The van der Waals surface area contributed by atoms with E-state index in [-0.39, 0.29) is 23.5 Å². The van der Waals surface area contributed by atoms with Crippen LogP contribution in [0.4, 0.5) is 17.1 Å². The van der Waals surface area contributed by atoms with Gasteiger partial charge in [0.25, 0.3) is 11.4 Å². The highest BCUT2D eigenvalue weighted by Gasteiger charge is 2.19. The van der Waals surface area contributed by atoms with Crippen LogP contribution in [0.25, 0.3) is 0 Å². The van der Waals surface area contributed by atoms with Gasteiger partial charge < -0.3 is 10.5 Å². The van der Waals surface area contributed by atoms with Crippen LogP contribution < -0.4 is 10.5 Å². The zero-order valence-corrected chi connectivity index (χ0v) is 10.8. The zero-order chi connectivity index (χ0) is 15.4. The number of nitro benzene ring substituents is 2. The van der Waals surface area contributed by atoms with Gasteiger partial charge in [-0.05, 0) is 18.2 Å². The summed E-state index contributed by atoms with van der Waals surface area (Å²) >= 11 is 0. The van der Waals surface area contributed by atoms with Gasteiger partial charge in [0.1, 0.15) is 12.4 Å². The van der Waals surface area contributed by atoms with Crippen LogP contribution in [0, 0.1) is 20.2 Å². The maximum atomic E-state index is 11.0. The Labute approximate surface area is 119 Å². The number of non-ortho nitro benzene ring substituents is 1. The molecule has 0 aromatic heterocycles. The minimum Gasteiger partial charge on any atom is -0.489 e. The van der Waals surface area contributed by atoms with Crippen molar-refractivity contribution < 1.29 is 14.6 Å². The van der Waals surface area contributed by atoms with Crippen LogP contribution in [0.15, 0.2) is 42.5 Å². The van der Waals surface area contributed by atoms with Gasteiger partial charge in [0.2, 0.25) is 0 Å². The van der Waals surface area contributed by atoms with E-state index in [1.807, 2.05) is 0 Å². The predicted molar refractivity (Wildman–Crippen MR) is 74.9 cm³/mol. The van der Waals surface area contributed by atoms with Crippen LogP contribution in [-0.2, 0) is 6.61 Å². The first-order chi connectivity index (χ1) is 9.97. The summed E-state index contributed by atoms with van der Waals surface area (Å²) in [6.07, 6.45) is 0. The zero-order valence-electron chi connectivity index (χ0n) is 10.8. The number of nitrogens with two attached hydrogens (primary N) is 1. The lowest BCUT2D eigenvalue weighted by molar-refractivity contribution is -0.394. The van der Waals surface area contributed by atoms with Gasteiger partial charge in [-0.25, -0.2) is 0 Å². The molecule has 0 amide bonds. The standard InChI is InChI=1S/C13H11N3O5/c14-10-2-1-3-12(6-10)21-8-9-4-5-11(15(17)18)7-13(9)16(19)20/h1-7H,8,14H2. The van der Waals surface area contributed by atoms with Crippen LogP contribution in [0.1, 0.15) is 5.56 Å². The number of hydrogen-bond donors (Lipinski definition) is 1. The second-order valence-corrected chi connectivity index (χ2v) is 4.19. The molecule has 0 atom stereocenters. The molecule has 2 N–H and O–H groups in total. The fourth-order valence-electron chi connectivity index (χ4n) is 1.72. The summed E-state index contributed by atoms with van der Waals surface area (Å²) in [5.74, 6) is 0.461. The number of anilines is 1. The first-order valence-electron chi connectivity index (χ1n) is 5.87. The van der Waals surface area contributed by atoms with Gasteiger partial charge in [-0.2, -0.15) is 0 Å². The average molecular weight is 289 g/mol. The lowest BCUT2D eigenvalue weighted by Crippen LogP contribution is -2.02. The van der Waals surface area contributed by atoms with E-state index in [1.165, 1.54) is 12.1 Å². The van der Waals surface area contributed by atoms with E-state index >= 15 is 0 Å². The van der Waals surface area contributed by atoms with Crippen molar-refractivity contribution in [2.75, 3.05) is 5.73 Å². The molecule has 8 nitrogen and oxygen atoms in total. The summed E-state index contributed by atoms with van der Waals surface area (Å²) in [6.45, 7) is -0.0856. The maximum absolute atomic E-state index is 11.0. The molecular formula is C13H11N3O5. The van der Waals surface area contributed by atoms with Crippen molar-refractivity contribution in [1.82, 2.24) is 0 Å². The molecular weight excluding hydrogens is 278 g/mol. The third-order valence-corrected chi connectivity index (χ3v) is 2.73. The fraction of sp³-hybridized carbons (Fsp3) is 0.0769. The molecule has 0 aliphatic rings. The predicted octanol–water partition coefficient (Wildman–Crippen LogP) is 2.66. The molecule has 8 heteroatoms. The molecule has 0 radical (unpaired) electrons. The Morgan fingerprint density at radius 2 is 1.81 bits per heavy atom. The smallest absolute Gasteiger partial charge is 0.282 e. The van der Waals surface area contributed by atoms with Crippen molar-refractivity contribution in [1.29, 1.82) is 0 Å². The summed E-state index contributed by atoms with van der Waals surface area (Å²) in [5.41, 5.74) is 5.65. The topological polar surface area (TPSA) is 122 Å². The molecule has 2 rings (SSSR count). The van der Waals surface area contributed by atoms with Crippen LogP contribution in [0.2, 0.25) is 0 Å². The van der Waals surface area contributed by atoms with Crippen molar-refractivity contribution in [3.05, 3.63) is 68.3 Å². The van der Waals surface area contributed by atoms with Gasteiger partial charge in [0.05, 0.1) is 21.5 Å². The monoisotopic (exact) mass is 289 g/mol. The normalized spacial score (nSPS) is 10.1. The van der Waals surface area contributed by atoms with Crippen molar-refractivity contribution >= 4 is 17.1 Å². The van der Waals surface area contributed by atoms with Crippen molar-refractivity contribution in [2.24, 2.45) is 0 Å². The molecule has 0 unspecified atom stereocenters. The Hall–Kier alpha value is -3.16. The number of nitrogens with zero attached hydrogens (tertiary/aromatic N) is 2.